The van der Waals surface area contributed by atoms with Crippen molar-refractivity contribution in [2.45, 2.75) is 13.0 Å². The monoisotopic (exact) mass is 216 g/mol. The van der Waals surface area contributed by atoms with Crippen LogP contribution < -0.4 is 4.74 Å². The number of rotatable bonds is 4. The van der Waals surface area contributed by atoms with E-state index in [1.165, 1.54) is 7.11 Å². The molecule has 0 heterocycles. The van der Waals surface area contributed by atoms with Gasteiger partial charge in [0, 0.05) is 7.11 Å². The average molecular weight is 217 g/mol. The Morgan fingerprint density at radius 1 is 1.50 bits per heavy atom. The first-order valence-electron chi connectivity index (χ1n) is 4.24. The molecule has 1 aromatic carbocycles. The first-order valence-corrected chi connectivity index (χ1v) is 4.62. The van der Waals surface area contributed by atoms with Crippen molar-refractivity contribution >= 4 is 11.6 Å². The van der Waals surface area contributed by atoms with Gasteiger partial charge in [0.1, 0.15) is 5.75 Å². The Kier molecular flexibility index (Phi) is 4.20. The normalized spacial score (nSPS) is 12.6. The van der Waals surface area contributed by atoms with Crippen molar-refractivity contribution in [1.82, 2.24) is 0 Å². The standard InChI is InChI=1S/C10H13ClO3/c1-7(12)8-3-4-10(9(11)5-8)14-6-13-2/h3-5,7,12H,6H2,1-2H3/t7-/m1/s1. The molecule has 0 amide bonds. The Morgan fingerprint density at radius 3 is 2.71 bits per heavy atom. The number of hydrogen-bond acceptors (Lipinski definition) is 3. The Balaban J connectivity index is 2.79. The lowest BCUT2D eigenvalue weighted by Gasteiger charge is -2.09. The minimum absolute atomic E-state index is 0.160. The molecule has 0 aliphatic heterocycles. The molecule has 78 valence electrons. The topological polar surface area (TPSA) is 38.7 Å². The maximum absolute atomic E-state index is 9.29. The van der Waals surface area contributed by atoms with E-state index >= 15 is 0 Å². The molecule has 0 fully saturated rings. The zero-order valence-corrected chi connectivity index (χ0v) is 8.91. The Bertz CT molecular complexity index is 299. The zero-order chi connectivity index (χ0) is 10.6. The molecule has 1 N–H and O–H groups in total. The quantitative estimate of drug-likeness (QED) is 0.786. The van der Waals surface area contributed by atoms with Crippen molar-refractivity contribution < 1.29 is 14.6 Å². The smallest absolute Gasteiger partial charge is 0.188 e. The lowest BCUT2D eigenvalue weighted by atomic mass is 10.1. The van der Waals surface area contributed by atoms with Gasteiger partial charge in [0.15, 0.2) is 6.79 Å². The van der Waals surface area contributed by atoms with Crippen LogP contribution in [-0.2, 0) is 4.74 Å². The van der Waals surface area contributed by atoms with Gasteiger partial charge < -0.3 is 14.6 Å². The first kappa shape index (κ1) is 11.3. The number of methoxy groups -OCH3 is 1. The molecular formula is C10H13ClO3. The van der Waals surface area contributed by atoms with E-state index in [-0.39, 0.29) is 6.79 Å². The van der Waals surface area contributed by atoms with Gasteiger partial charge in [0.25, 0.3) is 0 Å². The van der Waals surface area contributed by atoms with Crippen LogP contribution in [0.25, 0.3) is 0 Å². The lowest BCUT2D eigenvalue weighted by molar-refractivity contribution is 0.0511. The molecular weight excluding hydrogens is 204 g/mol. The van der Waals surface area contributed by atoms with Gasteiger partial charge >= 0.3 is 0 Å². The molecule has 0 unspecified atom stereocenters. The lowest BCUT2D eigenvalue weighted by Crippen LogP contribution is -2.00. The molecule has 3 nitrogen and oxygen atoms in total. The van der Waals surface area contributed by atoms with Gasteiger partial charge in [-0.1, -0.05) is 17.7 Å². The number of halogens is 1. The van der Waals surface area contributed by atoms with E-state index < -0.39 is 6.10 Å². The summed E-state index contributed by atoms with van der Waals surface area (Å²) in [7, 11) is 1.54. The molecule has 4 heteroatoms. The number of ether oxygens (including phenoxy) is 2. The van der Waals surface area contributed by atoms with Gasteiger partial charge in [-0.15, -0.1) is 0 Å². The maximum Gasteiger partial charge on any atom is 0.188 e. The van der Waals surface area contributed by atoms with E-state index in [1.807, 2.05) is 0 Å². The summed E-state index contributed by atoms with van der Waals surface area (Å²) in [4.78, 5) is 0. The molecule has 0 aliphatic rings. The summed E-state index contributed by atoms with van der Waals surface area (Å²) >= 11 is 5.92. The summed E-state index contributed by atoms with van der Waals surface area (Å²) in [5.74, 6) is 0.554. The van der Waals surface area contributed by atoms with Crippen LogP contribution in [0.15, 0.2) is 18.2 Å². The Labute approximate surface area is 88.2 Å². The zero-order valence-electron chi connectivity index (χ0n) is 8.16. The van der Waals surface area contributed by atoms with Gasteiger partial charge in [-0.3, -0.25) is 0 Å². The van der Waals surface area contributed by atoms with Crippen LogP contribution in [0.1, 0.15) is 18.6 Å². The molecule has 0 aliphatic carbocycles. The SMILES string of the molecule is COCOc1ccc([C@@H](C)O)cc1Cl. The van der Waals surface area contributed by atoms with Gasteiger partial charge in [-0.05, 0) is 24.6 Å². The maximum atomic E-state index is 9.29. The molecule has 0 bridgehead atoms. The fourth-order valence-corrected chi connectivity index (χ4v) is 1.26. The summed E-state index contributed by atoms with van der Waals surface area (Å²) in [6.07, 6.45) is -0.524. The van der Waals surface area contributed by atoms with Gasteiger partial charge in [0.2, 0.25) is 0 Å². The van der Waals surface area contributed by atoms with Gasteiger partial charge in [-0.2, -0.15) is 0 Å². The summed E-state index contributed by atoms with van der Waals surface area (Å²) in [6, 6.07) is 5.15. The molecule has 1 rings (SSSR count). The van der Waals surface area contributed by atoms with Crippen molar-refractivity contribution in [3.63, 3.8) is 0 Å². The summed E-state index contributed by atoms with van der Waals surface area (Å²) in [5.41, 5.74) is 0.764. The molecule has 0 aromatic heterocycles. The second-order valence-electron chi connectivity index (χ2n) is 2.92. The Morgan fingerprint density at radius 2 is 2.21 bits per heavy atom. The van der Waals surface area contributed by atoms with E-state index in [0.717, 1.165) is 5.56 Å². The van der Waals surface area contributed by atoms with Crippen molar-refractivity contribution in [2.24, 2.45) is 0 Å². The highest BCUT2D eigenvalue weighted by atomic mass is 35.5. The third-order valence-electron chi connectivity index (χ3n) is 1.77. The van der Waals surface area contributed by atoms with Crippen LogP contribution in [0, 0.1) is 0 Å². The number of benzene rings is 1. The molecule has 0 saturated heterocycles. The highest BCUT2D eigenvalue weighted by Gasteiger charge is 2.05. The number of aliphatic hydroxyl groups excluding tert-OH is 1. The molecule has 14 heavy (non-hydrogen) atoms. The number of aliphatic hydroxyl groups is 1. The largest absolute Gasteiger partial charge is 0.466 e. The van der Waals surface area contributed by atoms with E-state index in [1.54, 1.807) is 25.1 Å². The van der Waals surface area contributed by atoms with Crippen molar-refractivity contribution in [3.05, 3.63) is 28.8 Å². The van der Waals surface area contributed by atoms with Crippen LogP contribution in [0.4, 0.5) is 0 Å². The third-order valence-corrected chi connectivity index (χ3v) is 2.07. The molecule has 0 spiro atoms. The molecule has 0 saturated carbocycles. The molecule has 1 atom stereocenters. The van der Waals surface area contributed by atoms with Crippen LogP contribution in [-0.4, -0.2) is 19.0 Å². The average Bonchev–Trinajstić information content (AvgIpc) is 2.15. The second kappa shape index (κ2) is 5.20. The summed E-state index contributed by atoms with van der Waals surface area (Å²) in [5, 5.41) is 9.76. The van der Waals surface area contributed by atoms with Crippen LogP contribution in [0.3, 0.4) is 0 Å². The molecule has 0 radical (unpaired) electrons. The number of hydrogen-bond donors (Lipinski definition) is 1. The van der Waals surface area contributed by atoms with Gasteiger partial charge in [0.05, 0.1) is 11.1 Å². The van der Waals surface area contributed by atoms with E-state index in [9.17, 15) is 5.11 Å². The van der Waals surface area contributed by atoms with E-state index in [0.29, 0.717) is 10.8 Å². The van der Waals surface area contributed by atoms with Crippen molar-refractivity contribution in [1.29, 1.82) is 0 Å². The summed E-state index contributed by atoms with van der Waals surface area (Å²) < 4.78 is 9.93. The Hall–Kier alpha value is -0.770. The highest BCUT2D eigenvalue weighted by molar-refractivity contribution is 6.32. The second-order valence-corrected chi connectivity index (χ2v) is 3.32. The van der Waals surface area contributed by atoms with Crippen LogP contribution >= 0.6 is 11.6 Å². The first-order chi connectivity index (χ1) is 6.65. The van der Waals surface area contributed by atoms with Crippen molar-refractivity contribution in [3.8, 4) is 5.75 Å². The van der Waals surface area contributed by atoms with Crippen LogP contribution in [0.5, 0.6) is 5.75 Å². The van der Waals surface area contributed by atoms with Crippen molar-refractivity contribution in [2.75, 3.05) is 13.9 Å². The third kappa shape index (κ3) is 2.87. The predicted molar refractivity (Wildman–Crippen MR) is 54.6 cm³/mol. The van der Waals surface area contributed by atoms with E-state index in [4.69, 9.17) is 21.1 Å². The fraction of sp³-hybridized carbons (Fsp3) is 0.400. The molecule has 1 aromatic rings. The predicted octanol–water partition coefficient (Wildman–Crippen LogP) is 2.38. The van der Waals surface area contributed by atoms with E-state index in [2.05, 4.69) is 0 Å². The minimum atomic E-state index is -0.524. The van der Waals surface area contributed by atoms with Gasteiger partial charge in [-0.25, -0.2) is 0 Å². The fourth-order valence-electron chi connectivity index (χ4n) is 1.02. The minimum Gasteiger partial charge on any atom is -0.466 e. The van der Waals surface area contributed by atoms with Crippen LogP contribution in [0.2, 0.25) is 5.02 Å². The highest BCUT2D eigenvalue weighted by Crippen LogP contribution is 2.27. The summed E-state index contributed by atoms with van der Waals surface area (Å²) in [6.45, 7) is 1.84.